The maximum absolute atomic E-state index is 12.9. The summed E-state index contributed by atoms with van der Waals surface area (Å²) in [7, 11) is 1.07. The van der Waals surface area contributed by atoms with E-state index in [1.165, 1.54) is 19.2 Å². The molecular formula is C24H34N4O5S. The first-order chi connectivity index (χ1) is 16.0. The van der Waals surface area contributed by atoms with Crippen LogP contribution >= 0.6 is 0 Å². The fourth-order valence-electron chi connectivity index (χ4n) is 3.36. The summed E-state index contributed by atoms with van der Waals surface area (Å²) in [5.74, 6) is -0.776. The molecule has 2 aromatic carbocycles. The highest BCUT2D eigenvalue weighted by Gasteiger charge is 2.29. The average molecular weight is 491 g/mol. The highest BCUT2D eigenvalue weighted by Crippen LogP contribution is 2.15. The molecule has 1 unspecified atom stereocenters. The molecule has 3 N–H and O–H groups in total. The lowest BCUT2D eigenvalue weighted by Gasteiger charge is -2.29. The van der Waals surface area contributed by atoms with Gasteiger partial charge in [-0.3, -0.25) is 9.59 Å². The van der Waals surface area contributed by atoms with E-state index in [1.807, 2.05) is 30.3 Å². The van der Waals surface area contributed by atoms with E-state index in [4.69, 9.17) is 0 Å². The second-order valence-electron chi connectivity index (χ2n) is 8.50. The summed E-state index contributed by atoms with van der Waals surface area (Å²) in [6, 6.07) is 15.6. The summed E-state index contributed by atoms with van der Waals surface area (Å²) in [6.07, 6.45) is -0.914. The number of aliphatic hydroxyl groups is 1. The second kappa shape index (κ2) is 12.6. The molecule has 186 valence electrons. The molecule has 3 atom stereocenters. The normalized spacial score (nSPS) is 14.4. The molecule has 0 aliphatic rings. The Morgan fingerprint density at radius 3 is 2.06 bits per heavy atom. The number of rotatable bonds is 12. The maximum Gasteiger partial charge on any atom is 0.242 e. The van der Waals surface area contributed by atoms with E-state index in [0.717, 1.165) is 9.87 Å². The fourth-order valence-corrected chi connectivity index (χ4v) is 4.57. The molecule has 34 heavy (non-hydrogen) atoms. The van der Waals surface area contributed by atoms with Gasteiger partial charge >= 0.3 is 0 Å². The van der Waals surface area contributed by atoms with Crippen LogP contribution < -0.4 is 10.6 Å². The van der Waals surface area contributed by atoms with Crippen LogP contribution in [0.3, 0.4) is 0 Å². The van der Waals surface area contributed by atoms with Crippen LogP contribution in [0.4, 0.5) is 0 Å². The van der Waals surface area contributed by atoms with Crippen molar-refractivity contribution in [2.75, 3.05) is 34.2 Å². The third-order valence-electron chi connectivity index (χ3n) is 5.22. The summed E-state index contributed by atoms with van der Waals surface area (Å²) in [4.78, 5) is 26.6. The Morgan fingerprint density at radius 2 is 1.50 bits per heavy atom. The molecule has 2 amide bonds. The summed E-state index contributed by atoms with van der Waals surface area (Å²) < 4.78 is 26.8. The van der Waals surface area contributed by atoms with E-state index in [2.05, 4.69) is 10.6 Å². The third kappa shape index (κ3) is 8.21. The van der Waals surface area contributed by atoms with Gasteiger partial charge in [0.1, 0.15) is 6.04 Å². The average Bonchev–Trinajstić information content (AvgIpc) is 2.79. The van der Waals surface area contributed by atoms with E-state index in [-0.39, 0.29) is 30.3 Å². The van der Waals surface area contributed by atoms with Crippen LogP contribution in [0.15, 0.2) is 65.6 Å². The van der Waals surface area contributed by atoms with Crippen molar-refractivity contribution in [1.29, 1.82) is 0 Å². The van der Waals surface area contributed by atoms with E-state index in [1.54, 1.807) is 44.1 Å². The molecular weight excluding hydrogens is 456 g/mol. The molecule has 0 saturated carbocycles. The molecule has 0 aliphatic heterocycles. The van der Waals surface area contributed by atoms with Crippen molar-refractivity contribution in [2.45, 2.75) is 36.4 Å². The summed E-state index contributed by atoms with van der Waals surface area (Å²) >= 11 is 0. The Balaban J connectivity index is 2.14. The van der Waals surface area contributed by atoms with Gasteiger partial charge in [0.2, 0.25) is 21.8 Å². The molecule has 0 saturated heterocycles. The number of amides is 2. The van der Waals surface area contributed by atoms with Gasteiger partial charge in [0, 0.05) is 13.6 Å². The lowest BCUT2D eigenvalue weighted by molar-refractivity contribution is -0.129. The van der Waals surface area contributed by atoms with Crippen LogP contribution in [0.5, 0.6) is 0 Å². The number of benzene rings is 2. The van der Waals surface area contributed by atoms with Gasteiger partial charge in [-0.1, -0.05) is 48.5 Å². The van der Waals surface area contributed by atoms with Crippen LogP contribution in [0.25, 0.3) is 0 Å². The molecule has 2 rings (SSSR count). The zero-order valence-corrected chi connectivity index (χ0v) is 20.8. The lowest BCUT2D eigenvalue weighted by Crippen LogP contribution is -2.55. The number of likely N-dealkylation sites (N-methyl/N-ethyl adjacent to an activating group) is 2. The molecule has 0 aliphatic carbocycles. The van der Waals surface area contributed by atoms with Crippen molar-refractivity contribution in [2.24, 2.45) is 0 Å². The minimum atomic E-state index is -3.81. The summed E-state index contributed by atoms with van der Waals surface area (Å²) in [5.41, 5.74) is 0.865. The second-order valence-corrected chi connectivity index (χ2v) is 10.5. The molecule has 2 aromatic rings. The molecule has 0 fully saturated rings. The quantitative estimate of drug-likeness (QED) is 0.398. The first-order valence-electron chi connectivity index (χ1n) is 11.0. The van der Waals surface area contributed by atoms with Gasteiger partial charge in [-0.25, -0.2) is 8.42 Å². The first-order valence-corrected chi connectivity index (χ1v) is 12.4. The van der Waals surface area contributed by atoms with Crippen LogP contribution in [-0.2, 0) is 26.0 Å². The molecule has 0 spiro atoms. The third-order valence-corrected chi connectivity index (χ3v) is 7.05. The zero-order chi connectivity index (χ0) is 25.3. The Bertz CT molecular complexity index is 1030. The van der Waals surface area contributed by atoms with Gasteiger partial charge < -0.3 is 20.6 Å². The number of sulfonamides is 1. The Labute approximate surface area is 201 Å². The van der Waals surface area contributed by atoms with Crippen molar-refractivity contribution in [3.05, 3.63) is 66.2 Å². The van der Waals surface area contributed by atoms with Crippen molar-refractivity contribution >= 4 is 21.8 Å². The fraction of sp³-hybridized carbons (Fsp3) is 0.417. The Kier molecular flexibility index (Phi) is 10.2. The highest BCUT2D eigenvalue weighted by atomic mass is 32.2. The Morgan fingerprint density at radius 1 is 0.941 bits per heavy atom. The number of carbonyl (C=O) groups excluding carboxylic acids is 2. The smallest absolute Gasteiger partial charge is 0.242 e. The van der Waals surface area contributed by atoms with Crippen molar-refractivity contribution < 1.29 is 23.1 Å². The van der Waals surface area contributed by atoms with Crippen LogP contribution in [0, 0.1) is 0 Å². The monoisotopic (exact) mass is 490 g/mol. The van der Waals surface area contributed by atoms with Gasteiger partial charge in [0.25, 0.3) is 0 Å². The van der Waals surface area contributed by atoms with Gasteiger partial charge in [0.15, 0.2) is 0 Å². The van der Waals surface area contributed by atoms with Gasteiger partial charge in [-0.2, -0.15) is 4.31 Å². The van der Waals surface area contributed by atoms with Gasteiger partial charge in [-0.05, 0) is 45.1 Å². The topological polar surface area (TPSA) is 119 Å². The number of hydrogen-bond donors (Lipinski definition) is 3. The number of nitrogens with one attached hydrogen (secondary N) is 2. The largest absolute Gasteiger partial charge is 0.390 e. The number of aliphatic hydroxyl groups excluding tert-OH is 1. The van der Waals surface area contributed by atoms with Gasteiger partial charge in [-0.15, -0.1) is 0 Å². The maximum atomic E-state index is 12.9. The van der Waals surface area contributed by atoms with E-state index in [9.17, 15) is 23.1 Å². The van der Waals surface area contributed by atoms with E-state index < -0.39 is 34.1 Å². The van der Waals surface area contributed by atoms with Gasteiger partial charge in [0.05, 0.1) is 23.6 Å². The van der Waals surface area contributed by atoms with Crippen molar-refractivity contribution in [1.82, 2.24) is 19.8 Å². The minimum absolute atomic E-state index is 0.116. The molecule has 0 bridgehead atoms. The predicted octanol–water partition coefficient (Wildman–Crippen LogP) is 0.462. The van der Waals surface area contributed by atoms with E-state index >= 15 is 0 Å². The van der Waals surface area contributed by atoms with E-state index in [0.29, 0.717) is 0 Å². The first kappa shape index (κ1) is 27.5. The molecule has 0 aromatic heterocycles. The highest BCUT2D eigenvalue weighted by molar-refractivity contribution is 7.89. The van der Waals surface area contributed by atoms with Crippen LogP contribution in [-0.4, -0.2) is 87.0 Å². The van der Waals surface area contributed by atoms with Crippen LogP contribution in [0.1, 0.15) is 12.5 Å². The zero-order valence-electron chi connectivity index (χ0n) is 20.0. The van der Waals surface area contributed by atoms with Crippen LogP contribution in [0.2, 0.25) is 0 Å². The molecule has 10 heteroatoms. The molecule has 0 heterocycles. The predicted molar refractivity (Wildman–Crippen MR) is 130 cm³/mol. The standard InChI is InChI=1S/C24H34N4O5S/c1-18(25-23(30)17-27(2)3)24(31)26-21(15-19-11-7-5-8-12-19)22(29)16-28(4)34(32,33)20-13-9-6-10-14-20/h5-14,18,21-22,29H,15-17H2,1-4H3,(H,25,30)(H,26,31)/t18?,21-,22+/m0/s1. The Hall–Kier alpha value is -2.79. The minimum Gasteiger partial charge on any atom is -0.390 e. The summed E-state index contributed by atoms with van der Waals surface area (Å²) in [5, 5.41) is 16.4. The number of carbonyl (C=O) groups is 2. The molecule has 0 radical (unpaired) electrons. The number of nitrogens with zero attached hydrogens (tertiary/aromatic N) is 2. The van der Waals surface area contributed by atoms with Crippen molar-refractivity contribution in [3.63, 3.8) is 0 Å². The lowest BCUT2D eigenvalue weighted by atomic mass is 10.0. The summed E-state index contributed by atoms with van der Waals surface area (Å²) in [6.45, 7) is 1.47. The van der Waals surface area contributed by atoms with Crippen molar-refractivity contribution in [3.8, 4) is 0 Å². The molecule has 9 nitrogen and oxygen atoms in total. The number of hydrogen-bond acceptors (Lipinski definition) is 6. The SMILES string of the molecule is CC(NC(=O)CN(C)C)C(=O)N[C@@H](Cc1ccccc1)[C@H](O)CN(C)S(=O)(=O)c1ccccc1.